The third-order valence-electron chi connectivity index (χ3n) is 4.03. The van der Waals surface area contributed by atoms with Crippen LogP contribution < -0.4 is 18.6 Å². The molecule has 0 aliphatic rings. The number of hydrogen-bond donors (Lipinski definition) is 1. The number of rotatable bonds is 3. The number of benzene rings is 3. The fourth-order valence-electron chi connectivity index (χ4n) is 2.70. The molecule has 1 heterocycles. The molecule has 4 rings (SSSR count). The molecule has 0 amide bonds. The van der Waals surface area contributed by atoms with Gasteiger partial charge >= 0.3 is 10.7 Å². The second-order valence-corrected chi connectivity index (χ2v) is 8.11. The first-order valence-corrected chi connectivity index (χ1v) is 10.8. The highest BCUT2D eigenvalue weighted by molar-refractivity contribution is 7.19. The van der Waals surface area contributed by atoms with Crippen LogP contribution in [0.5, 0.6) is 5.75 Å². The van der Waals surface area contributed by atoms with E-state index in [1.54, 1.807) is 29.5 Å². The number of aromatic hydroxyl groups is 1. The van der Waals surface area contributed by atoms with Crippen LogP contribution in [-0.4, -0.2) is 5.11 Å². The maximum atomic E-state index is 9.71. The molecule has 154 valence electrons. The number of fused-ring (bicyclic) bond motifs is 1. The lowest BCUT2D eigenvalue weighted by Gasteiger charge is -2.17. The first kappa shape index (κ1) is 21.9. The Bertz CT molecular complexity index is 1140. The molecule has 0 saturated heterocycles. The van der Waals surface area contributed by atoms with Gasteiger partial charge in [0.15, 0.2) is 0 Å². The van der Waals surface area contributed by atoms with Crippen molar-refractivity contribution in [3.63, 3.8) is 0 Å². The van der Waals surface area contributed by atoms with Crippen LogP contribution in [0.25, 0.3) is 21.9 Å². The van der Waals surface area contributed by atoms with Crippen LogP contribution in [0.3, 0.4) is 0 Å². The van der Waals surface area contributed by atoms with Crippen LogP contribution in [0.15, 0.2) is 77.2 Å². The summed E-state index contributed by atoms with van der Waals surface area (Å²) in [6, 6.07) is 23.8. The zero-order chi connectivity index (χ0) is 21.7. The van der Waals surface area contributed by atoms with Gasteiger partial charge in [-0.25, -0.2) is 18.6 Å². The molecule has 3 aromatic carbocycles. The largest absolute Gasteiger partial charge is 0.508 e. The number of halogens is 1. The van der Waals surface area contributed by atoms with Crippen molar-refractivity contribution in [3.05, 3.63) is 94.6 Å². The monoisotopic (exact) mass is 444 g/mol. The summed E-state index contributed by atoms with van der Waals surface area (Å²) in [4.78, 5) is 0. The van der Waals surface area contributed by atoms with Gasteiger partial charge in [-0.2, -0.15) is 4.42 Å². The predicted octanol–water partition coefficient (Wildman–Crippen LogP) is 1.62. The molecule has 0 radical (unpaired) electrons. The van der Waals surface area contributed by atoms with E-state index in [0.717, 1.165) is 32.1 Å². The number of phenolic OH excluding ortho intramolecular Hbond substituents is 1. The zero-order valence-corrected chi connectivity index (χ0v) is 17.4. The van der Waals surface area contributed by atoms with Crippen molar-refractivity contribution in [1.82, 2.24) is 0 Å². The average Bonchev–Trinajstić information content (AvgIpc) is 3.09. The molecule has 0 unspecified atom stereocenters. The Morgan fingerprint density at radius 3 is 2.20 bits per heavy atom. The normalized spacial score (nSPS) is 11.8. The van der Waals surface area contributed by atoms with Gasteiger partial charge in [0, 0.05) is 12.1 Å². The van der Waals surface area contributed by atoms with E-state index in [2.05, 4.69) is 49.4 Å². The Morgan fingerprint density at radius 2 is 1.57 bits per heavy atom. The SMILES string of the molecule is Cc1ccc(/C=C(\c2ccccc2)c2[o+]c3ccc(O)cc3s2)cc1.[O-][Cl+3]([O-])([O-])[O-]. The van der Waals surface area contributed by atoms with Gasteiger partial charge in [0.25, 0.3) is 0 Å². The van der Waals surface area contributed by atoms with E-state index < -0.39 is 10.2 Å². The first-order chi connectivity index (χ1) is 14.2. The van der Waals surface area contributed by atoms with Crippen molar-refractivity contribution in [2.75, 3.05) is 0 Å². The highest BCUT2D eigenvalue weighted by atomic mass is 35.7. The standard InChI is InChI=1S/C22H16O2S.ClHO4/c1-15-7-9-16(10-8-15)13-19(17-5-3-2-4-6-17)22-24-20-12-11-18(23)14-21(20)25-22;2-1(3,4)5/h2-14H,1H3;(H,2,3,4,5)/b19-13+;. The molecule has 0 atom stereocenters. The summed E-state index contributed by atoms with van der Waals surface area (Å²) in [5.41, 5.74) is 5.27. The fraction of sp³-hybridized carbons (Fsp3) is 0.0455. The van der Waals surface area contributed by atoms with Gasteiger partial charge in [0.2, 0.25) is 0 Å². The van der Waals surface area contributed by atoms with Crippen LogP contribution in [0.2, 0.25) is 0 Å². The van der Waals surface area contributed by atoms with Crippen molar-refractivity contribution in [1.29, 1.82) is 0 Å². The lowest BCUT2D eigenvalue weighted by Crippen LogP contribution is -2.68. The molecular formula is C22H17ClO6S. The minimum absolute atomic E-state index is 0.250. The van der Waals surface area contributed by atoms with E-state index >= 15 is 0 Å². The molecule has 0 spiro atoms. The number of phenols is 1. The maximum absolute atomic E-state index is 9.71. The third-order valence-corrected chi connectivity index (χ3v) is 5.05. The molecular weight excluding hydrogens is 428 g/mol. The summed E-state index contributed by atoms with van der Waals surface area (Å²) in [5.74, 6) is 0.250. The minimum Gasteiger partial charge on any atom is -0.508 e. The quantitative estimate of drug-likeness (QED) is 0.378. The van der Waals surface area contributed by atoms with Gasteiger partial charge in [0.1, 0.15) is 10.4 Å². The number of hydrogen-bond acceptors (Lipinski definition) is 6. The van der Waals surface area contributed by atoms with Crippen molar-refractivity contribution < 1.29 is 38.4 Å². The van der Waals surface area contributed by atoms with Crippen molar-refractivity contribution in [3.8, 4) is 5.75 Å². The molecule has 0 aliphatic heterocycles. The number of aryl methyl sites for hydroxylation is 1. The van der Waals surface area contributed by atoms with Crippen LogP contribution in [0.1, 0.15) is 21.8 Å². The lowest BCUT2D eigenvalue weighted by atomic mass is 10.0. The van der Waals surface area contributed by atoms with Crippen molar-refractivity contribution in [2.24, 2.45) is 0 Å². The minimum atomic E-state index is -4.94. The zero-order valence-electron chi connectivity index (χ0n) is 15.8. The van der Waals surface area contributed by atoms with Gasteiger partial charge in [-0.05, 0) is 41.5 Å². The van der Waals surface area contributed by atoms with Gasteiger partial charge < -0.3 is 5.11 Å². The smallest absolute Gasteiger partial charge is 0.418 e. The van der Waals surface area contributed by atoms with Gasteiger partial charge in [-0.15, -0.1) is 10.2 Å². The summed E-state index contributed by atoms with van der Waals surface area (Å²) in [5, 5.41) is 10.5. The molecule has 0 bridgehead atoms. The Labute approximate surface area is 179 Å². The van der Waals surface area contributed by atoms with E-state index in [9.17, 15) is 5.11 Å². The molecule has 4 aromatic rings. The second-order valence-electron chi connectivity index (χ2n) is 6.34. The van der Waals surface area contributed by atoms with E-state index in [-0.39, 0.29) is 5.75 Å². The molecule has 0 aliphatic carbocycles. The Hall–Kier alpha value is -2.78. The van der Waals surface area contributed by atoms with Crippen LogP contribution in [-0.2, 0) is 0 Å². The van der Waals surface area contributed by atoms with E-state index in [0.29, 0.717) is 0 Å². The van der Waals surface area contributed by atoms with Crippen LogP contribution in [0.4, 0.5) is 0 Å². The average molecular weight is 445 g/mol. The molecule has 1 aromatic heterocycles. The van der Waals surface area contributed by atoms with E-state index in [1.807, 2.05) is 18.2 Å². The summed E-state index contributed by atoms with van der Waals surface area (Å²) in [7, 11) is -4.94. The van der Waals surface area contributed by atoms with Crippen LogP contribution >= 0.6 is 11.3 Å². The lowest BCUT2D eigenvalue weighted by molar-refractivity contribution is -2.00. The molecule has 0 fully saturated rings. The summed E-state index contributed by atoms with van der Waals surface area (Å²) < 4.78 is 41.0. The van der Waals surface area contributed by atoms with Crippen molar-refractivity contribution >= 4 is 33.3 Å². The molecule has 8 heteroatoms. The van der Waals surface area contributed by atoms with E-state index in [4.69, 9.17) is 23.1 Å². The van der Waals surface area contributed by atoms with Gasteiger partial charge in [-0.1, -0.05) is 60.2 Å². The summed E-state index contributed by atoms with van der Waals surface area (Å²) in [6.07, 6.45) is 2.14. The molecule has 0 saturated carbocycles. The first-order valence-electron chi connectivity index (χ1n) is 8.70. The van der Waals surface area contributed by atoms with Gasteiger partial charge in [0.05, 0.1) is 5.57 Å². The summed E-state index contributed by atoms with van der Waals surface area (Å²) >= 11 is 1.54. The van der Waals surface area contributed by atoms with E-state index in [1.165, 1.54) is 5.56 Å². The predicted molar refractivity (Wildman–Crippen MR) is 105 cm³/mol. The van der Waals surface area contributed by atoms with Gasteiger partial charge in [-0.3, -0.25) is 0 Å². The van der Waals surface area contributed by atoms with Crippen LogP contribution in [0, 0.1) is 17.2 Å². The topological polar surface area (TPSA) is 124 Å². The molecule has 1 N–H and O–H groups in total. The van der Waals surface area contributed by atoms with Crippen molar-refractivity contribution in [2.45, 2.75) is 6.92 Å². The fourth-order valence-corrected chi connectivity index (χ4v) is 3.71. The maximum Gasteiger partial charge on any atom is 0.418 e. The second kappa shape index (κ2) is 9.36. The Kier molecular flexibility index (Phi) is 6.84. The highest BCUT2D eigenvalue weighted by Gasteiger charge is 2.23. The Morgan fingerprint density at radius 1 is 0.933 bits per heavy atom. The molecule has 6 nitrogen and oxygen atoms in total. The summed E-state index contributed by atoms with van der Waals surface area (Å²) in [6.45, 7) is 2.08. The molecule has 30 heavy (non-hydrogen) atoms. The third kappa shape index (κ3) is 6.36. The highest BCUT2D eigenvalue weighted by Crippen LogP contribution is 2.36. The Balaban J connectivity index is 0.000000461.